The summed E-state index contributed by atoms with van der Waals surface area (Å²) in [5, 5.41) is 0. The number of rotatable bonds is 3. The van der Waals surface area contributed by atoms with Crippen LogP contribution in [0.5, 0.6) is 0 Å². The van der Waals surface area contributed by atoms with E-state index in [1.807, 2.05) is 0 Å². The second kappa shape index (κ2) is 5.10. The molecule has 1 aliphatic carbocycles. The largest absolute Gasteiger partial charge is 0.373 e. The summed E-state index contributed by atoms with van der Waals surface area (Å²) in [5.41, 5.74) is 0.724. The van der Waals surface area contributed by atoms with Gasteiger partial charge in [0.15, 0.2) is 0 Å². The van der Waals surface area contributed by atoms with Gasteiger partial charge in [-0.05, 0) is 40.4 Å². The molecule has 88 valence electrons. The molecule has 1 aliphatic rings. The Kier molecular flexibility index (Phi) is 3.76. The Balaban J connectivity index is 1.90. The Bertz CT molecular complexity index is 421. The fourth-order valence-electron chi connectivity index (χ4n) is 1.83. The predicted molar refractivity (Wildman–Crippen MR) is 62.1 cm³/mol. The minimum absolute atomic E-state index is 0.0145. The maximum atomic E-state index is 12.9. The van der Waals surface area contributed by atoms with E-state index in [4.69, 9.17) is 4.74 Å². The van der Waals surface area contributed by atoms with Gasteiger partial charge in [0.2, 0.25) is 0 Å². The Labute approximate surface area is 101 Å². The summed E-state index contributed by atoms with van der Waals surface area (Å²) in [7, 11) is 0. The van der Waals surface area contributed by atoms with E-state index in [0.717, 1.165) is 12.0 Å². The van der Waals surface area contributed by atoms with E-state index >= 15 is 0 Å². The van der Waals surface area contributed by atoms with Crippen LogP contribution >= 0.6 is 15.9 Å². The number of aromatic nitrogens is 1. The average molecular weight is 290 g/mol. The van der Waals surface area contributed by atoms with Crippen LogP contribution < -0.4 is 5.56 Å². The lowest BCUT2D eigenvalue weighted by Crippen LogP contribution is -2.11. The highest BCUT2D eigenvalue weighted by Crippen LogP contribution is 2.25. The maximum absolute atomic E-state index is 12.9. The van der Waals surface area contributed by atoms with Crippen molar-refractivity contribution in [1.82, 2.24) is 4.98 Å². The molecule has 0 aromatic carbocycles. The molecule has 16 heavy (non-hydrogen) atoms. The fourth-order valence-corrected chi connectivity index (χ4v) is 2.24. The van der Waals surface area contributed by atoms with Crippen molar-refractivity contribution in [2.24, 2.45) is 0 Å². The first-order valence-electron chi connectivity index (χ1n) is 5.28. The molecular formula is C11H13BrFNO2. The molecular weight excluding hydrogens is 277 g/mol. The molecule has 0 aliphatic heterocycles. The second-order valence-electron chi connectivity index (χ2n) is 4.03. The van der Waals surface area contributed by atoms with Crippen LogP contribution in [0.25, 0.3) is 0 Å². The summed E-state index contributed by atoms with van der Waals surface area (Å²) in [4.78, 5) is 13.7. The molecule has 3 nitrogen and oxygen atoms in total. The molecule has 0 amide bonds. The monoisotopic (exact) mass is 289 g/mol. The van der Waals surface area contributed by atoms with Crippen LogP contribution in [0, 0.1) is 0 Å². The zero-order chi connectivity index (χ0) is 11.5. The van der Waals surface area contributed by atoms with Crippen molar-refractivity contribution in [1.29, 1.82) is 0 Å². The SMILES string of the molecule is O=c1[nH]cc(COC2CCC(F)C2)cc1Br. The highest BCUT2D eigenvalue weighted by Gasteiger charge is 2.24. The molecule has 1 saturated carbocycles. The molecule has 1 N–H and O–H groups in total. The summed E-state index contributed by atoms with van der Waals surface area (Å²) in [6.45, 7) is 0.409. The number of alkyl halides is 1. The van der Waals surface area contributed by atoms with Gasteiger partial charge in [-0.1, -0.05) is 0 Å². The van der Waals surface area contributed by atoms with Gasteiger partial charge in [0.25, 0.3) is 5.56 Å². The van der Waals surface area contributed by atoms with Gasteiger partial charge < -0.3 is 9.72 Å². The van der Waals surface area contributed by atoms with Crippen molar-refractivity contribution >= 4 is 15.9 Å². The van der Waals surface area contributed by atoms with Gasteiger partial charge in [0.1, 0.15) is 6.17 Å². The minimum atomic E-state index is -0.715. The Hall–Kier alpha value is -0.680. The van der Waals surface area contributed by atoms with Crippen molar-refractivity contribution < 1.29 is 9.13 Å². The molecule has 1 fully saturated rings. The molecule has 5 heteroatoms. The van der Waals surface area contributed by atoms with Crippen LogP contribution in [0.2, 0.25) is 0 Å². The fraction of sp³-hybridized carbons (Fsp3) is 0.545. The highest BCUT2D eigenvalue weighted by atomic mass is 79.9. The summed E-state index contributed by atoms with van der Waals surface area (Å²) < 4.78 is 18.9. The number of pyridine rings is 1. The van der Waals surface area contributed by atoms with E-state index in [1.165, 1.54) is 0 Å². The van der Waals surface area contributed by atoms with E-state index in [1.54, 1.807) is 12.3 Å². The number of aromatic amines is 1. The first-order chi connectivity index (χ1) is 7.65. The van der Waals surface area contributed by atoms with E-state index in [0.29, 0.717) is 23.9 Å². The van der Waals surface area contributed by atoms with Crippen LogP contribution in [0.15, 0.2) is 21.5 Å². The number of hydrogen-bond donors (Lipinski definition) is 1. The maximum Gasteiger partial charge on any atom is 0.262 e. The number of nitrogens with one attached hydrogen (secondary N) is 1. The predicted octanol–water partition coefficient (Wildman–Crippen LogP) is 2.54. The van der Waals surface area contributed by atoms with Gasteiger partial charge in [0, 0.05) is 12.6 Å². The number of hydrogen-bond acceptors (Lipinski definition) is 2. The van der Waals surface area contributed by atoms with Gasteiger partial charge in [-0.3, -0.25) is 4.79 Å². The molecule has 0 spiro atoms. The normalized spacial score (nSPS) is 24.9. The van der Waals surface area contributed by atoms with Crippen LogP contribution in [0.3, 0.4) is 0 Å². The van der Waals surface area contributed by atoms with Crippen molar-refractivity contribution in [3.63, 3.8) is 0 Å². The second-order valence-corrected chi connectivity index (χ2v) is 4.88. The van der Waals surface area contributed by atoms with Gasteiger partial charge >= 0.3 is 0 Å². The van der Waals surface area contributed by atoms with Gasteiger partial charge in [0.05, 0.1) is 17.2 Å². The third-order valence-electron chi connectivity index (χ3n) is 2.72. The van der Waals surface area contributed by atoms with Crippen LogP contribution in [0.4, 0.5) is 4.39 Å². The molecule has 0 radical (unpaired) electrons. The van der Waals surface area contributed by atoms with Crippen molar-refractivity contribution in [2.75, 3.05) is 0 Å². The lowest BCUT2D eigenvalue weighted by molar-refractivity contribution is 0.0413. The van der Waals surface area contributed by atoms with E-state index < -0.39 is 6.17 Å². The Morgan fingerprint density at radius 3 is 3.00 bits per heavy atom. The van der Waals surface area contributed by atoms with Crippen LogP contribution in [-0.4, -0.2) is 17.3 Å². The zero-order valence-electron chi connectivity index (χ0n) is 8.71. The first kappa shape index (κ1) is 11.8. The number of H-pyrrole nitrogens is 1. The summed E-state index contributed by atoms with van der Waals surface area (Å²) in [6, 6.07) is 1.72. The molecule has 1 aromatic rings. The molecule has 1 aromatic heterocycles. The lowest BCUT2D eigenvalue weighted by atomic mass is 10.3. The first-order valence-corrected chi connectivity index (χ1v) is 6.07. The number of halogens is 2. The topological polar surface area (TPSA) is 42.1 Å². The molecule has 0 bridgehead atoms. The van der Waals surface area contributed by atoms with Gasteiger partial charge in [-0.25, -0.2) is 4.39 Å². The van der Waals surface area contributed by atoms with Crippen LogP contribution in [0.1, 0.15) is 24.8 Å². The molecule has 2 unspecified atom stereocenters. The zero-order valence-corrected chi connectivity index (χ0v) is 10.3. The smallest absolute Gasteiger partial charge is 0.262 e. The molecule has 0 saturated heterocycles. The minimum Gasteiger partial charge on any atom is -0.373 e. The quantitative estimate of drug-likeness (QED) is 0.929. The standard InChI is InChI=1S/C11H13BrFNO2/c12-10-3-7(5-14-11(10)15)6-16-9-2-1-8(13)4-9/h3,5,8-9H,1-2,4,6H2,(H,14,15). The Morgan fingerprint density at radius 2 is 2.38 bits per heavy atom. The lowest BCUT2D eigenvalue weighted by Gasteiger charge is -2.10. The highest BCUT2D eigenvalue weighted by molar-refractivity contribution is 9.10. The summed E-state index contributed by atoms with van der Waals surface area (Å²) >= 11 is 3.15. The van der Waals surface area contributed by atoms with Crippen molar-refractivity contribution in [3.8, 4) is 0 Å². The van der Waals surface area contributed by atoms with E-state index in [-0.39, 0.29) is 11.7 Å². The molecule has 1 heterocycles. The van der Waals surface area contributed by atoms with E-state index in [2.05, 4.69) is 20.9 Å². The summed E-state index contributed by atoms with van der Waals surface area (Å²) in [6.07, 6.45) is 2.79. The van der Waals surface area contributed by atoms with E-state index in [9.17, 15) is 9.18 Å². The van der Waals surface area contributed by atoms with Crippen LogP contribution in [-0.2, 0) is 11.3 Å². The molecule has 2 rings (SSSR count). The number of ether oxygens (including phenoxy) is 1. The Morgan fingerprint density at radius 1 is 1.56 bits per heavy atom. The average Bonchev–Trinajstić information content (AvgIpc) is 2.66. The third-order valence-corrected chi connectivity index (χ3v) is 3.31. The van der Waals surface area contributed by atoms with Crippen molar-refractivity contribution in [3.05, 3.63) is 32.7 Å². The third kappa shape index (κ3) is 2.92. The van der Waals surface area contributed by atoms with Crippen molar-refractivity contribution in [2.45, 2.75) is 38.1 Å². The van der Waals surface area contributed by atoms with Gasteiger partial charge in [-0.2, -0.15) is 0 Å². The molecule has 2 atom stereocenters. The summed E-state index contributed by atoms with van der Waals surface area (Å²) in [5.74, 6) is 0. The van der Waals surface area contributed by atoms with Gasteiger partial charge in [-0.15, -0.1) is 0 Å².